The SMILES string of the molecule is CCNC(=NCC(c1cccs1)N1CCOCC1)NCCN(CC)C1CC1. The van der Waals surface area contributed by atoms with E-state index in [1.165, 1.54) is 17.7 Å². The van der Waals surface area contributed by atoms with Crippen LogP contribution in [0.25, 0.3) is 0 Å². The van der Waals surface area contributed by atoms with Crippen molar-refractivity contribution in [3.05, 3.63) is 22.4 Å². The number of morpholine rings is 1. The fourth-order valence-corrected chi connectivity index (χ4v) is 4.48. The van der Waals surface area contributed by atoms with Gasteiger partial charge in [-0.2, -0.15) is 0 Å². The van der Waals surface area contributed by atoms with E-state index in [0.29, 0.717) is 6.04 Å². The molecule has 7 heteroatoms. The van der Waals surface area contributed by atoms with Crippen LogP contribution in [0.2, 0.25) is 0 Å². The van der Waals surface area contributed by atoms with Crippen LogP contribution in [0.1, 0.15) is 37.6 Å². The van der Waals surface area contributed by atoms with E-state index in [4.69, 9.17) is 9.73 Å². The second-order valence-electron chi connectivity index (χ2n) is 7.19. The summed E-state index contributed by atoms with van der Waals surface area (Å²) in [5, 5.41) is 9.09. The predicted molar refractivity (Wildman–Crippen MR) is 114 cm³/mol. The summed E-state index contributed by atoms with van der Waals surface area (Å²) in [5.41, 5.74) is 0. The van der Waals surface area contributed by atoms with Crippen molar-refractivity contribution in [1.82, 2.24) is 20.4 Å². The minimum atomic E-state index is 0.336. The van der Waals surface area contributed by atoms with E-state index in [0.717, 1.165) is 71.0 Å². The van der Waals surface area contributed by atoms with Gasteiger partial charge in [-0.15, -0.1) is 11.3 Å². The summed E-state index contributed by atoms with van der Waals surface area (Å²) in [5.74, 6) is 0.930. The number of rotatable bonds is 10. The molecule has 3 rings (SSSR count). The fraction of sp³-hybridized carbons (Fsp3) is 0.750. The zero-order chi connectivity index (χ0) is 18.9. The highest BCUT2D eigenvalue weighted by molar-refractivity contribution is 7.10. The Kier molecular flexibility index (Phi) is 8.38. The van der Waals surface area contributed by atoms with Crippen LogP contribution in [0, 0.1) is 0 Å². The molecule has 1 saturated heterocycles. The van der Waals surface area contributed by atoms with Crippen LogP contribution in [0.3, 0.4) is 0 Å². The molecule has 1 aliphatic heterocycles. The Morgan fingerprint density at radius 3 is 2.78 bits per heavy atom. The minimum Gasteiger partial charge on any atom is -0.379 e. The first kappa shape index (κ1) is 20.6. The highest BCUT2D eigenvalue weighted by Gasteiger charge is 2.27. The summed E-state index contributed by atoms with van der Waals surface area (Å²) in [4.78, 5) is 11.4. The molecule has 152 valence electrons. The molecule has 0 aromatic carbocycles. The van der Waals surface area contributed by atoms with Crippen LogP contribution in [-0.4, -0.2) is 80.8 Å². The topological polar surface area (TPSA) is 52.1 Å². The first-order valence-corrected chi connectivity index (χ1v) is 11.3. The van der Waals surface area contributed by atoms with E-state index in [2.05, 4.69) is 51.8 Å². The second-order valence-corrected chi connectivity index (χ2v) is 8.16. The average Bonchev–Trinajstić information content (AvgIpc) is 3.40. The van der Waals surface area contributed by atoms with E-state index < -0.39 is 0 Å². The van der Waals surface area contributed by atoms with Gasteiger partial charge in [-0.1, -0.05) is 13.0 Å². The number of ether oxygens (including phenoxy) is 1. The van der Waals surface area contributed by atoms with E-state index in [9.17, 15) is 0 Å². The molecule has 1 aliphatic carbocycles. The van der Waals surface area contributed by atoms with Crippen LogP contribution in [0.4, 0.5) is 0 Å². The molecule has 0 radical (unpaired) electrons. The van der Waals surface area contributed by atoms with Crippen LogP contribution >= 0.6 is 11.3 Å². The smallest absolute Gasteiger partial charge is 0.191 e. The van der Waals surface area contributed by atoms with E-state index in [-0.39, 0.29) is 0 Å². The lowest BCUT2D eigenvalue weighted by Crippen LogP contribution is -2.43. The van der Waals surface area contributed by atoms with Gasteiger partial charge in [-0.3, -0.25) is 14.8 Å². The van der Waals surface area contributed by atoms with Gasteiger partial charge in [-0.05, 0) is 37.8 Å². The molecule has 2 aliphatic rings. The lowest BCUT2D eigenvalue weighted by molar-refractivity contribution is 0.0186. The molecule has 1 atom stereocenters. The maximum atomic E-state index is 5.54. The minimum absolute atomic E-state index is 0.336. The number of thiophene rings is 1. The summed E-state index contributed by atoms with van der Waals surface area (Å²) < 4.78 is 5.54. The first-order chi connectivity index (χ1) is 13.3. The number of hydrogen-bond donors (Lipinski definition) is 2. The highest BCUT2D eigenvalue weighted by atomic mass is 32.1. The normalized spacial score (nSPS) is 20.0. The number of nitrogens with one attached hydrogen (secondary N) is 2. The predicted octanol–water partition coefficient (Wildman–Crippen LogP) is 2.16. The summed E-state index contributed by atoms with van der Waals surface area (Å²) in [7, 11) is 0. The Labute approximate surface area is 168 Å². The number of aliphatic imine (C=N–C) groups is 1. The van der Waals surface area contributed by atoms with Crippen molar-refractivity contribution in [3.63, 3.8) is 0 Å². The molecular formula is C20H35N5OS. The van der Waals surface area contributed by atoms with Crippen LogP contribution in [0.15, 0.2) is 22.5 Å². The highest BCUT2D eigenvalue weighted by Crippen LogP contribution is 2.27. The van der Waals surface area contributed by atoms with Crippen molar-refractivity contribution in [3.8, 4) is 0 Å². The Bertz CT molecular complexity index is 555. The maximum Gasteiger partial charge on any atom is 0.191 e. The average molecular weight is 394 g/mol. The molecule has 27 heavy (non-hydrogen) atoms. The number of likely N-dealkylation sites (N-methyl/N-ethyl adjacent to an activating group) is 1. The molecule has 6 nitrogen and oxygen atoms in total. The van der Waals surface area contributed by atoms with Crippen molar-refractivity contribution < 1.29 is 4.74 Å². The Morgan fingerprint density at radius 1 is 1.33 bits per heavy atom. The molecule has 1 saturated carbocycles. The number of guanidine groups is 1. The third-order valence-corrected chi connectivity index (χ3v) is 6.26. The quantitative estimate of drug-likeness (QED) is 0.471. The van der Waals surface area contributed by atoms with Gasteiger partial charge in [0.15, 0.2) is 5.96 Å². The summed E-state index contributed by atoms with van der Waals surface area (Å²) >= 11 is 1.83. The molecule has 0 bridgehead atoms. The van der Waals surface area contributed by atoms with E-state index in [1.54, 1.807) is 0 Å². The van der Waals surface area contributed by atoms with Gasteiger partial charge in [0, 0.05) is 43.6 Å². The molecule has 2 fully saturated rings. The molecular weight excluding hydrogens is 358 g/mol. The number of nitrogens with zero attached hydrogens (tertiary/aromatic N) is 3. The Balaban J connectivity index is 1.56. The number of hydrogen-bond acceptors (Lipinski definition) is 5. The molecule has 1 unspecified atom stereocenters. The van der Waals surface area contributed by atoms with Gasteiger partial charge in [0.2, 0.25) is 0 Å². The van der Waals surface area contributed by atoms with Crippen molar-refractivity contribution in [1.29, 1.82) is 0 Å². The van der Waals surface area contributed by atoms with Crippen LogP contribution in [-0.2, 0) is 4.74 Å². The largest absolute Gasteiger partial charge is 0.379 e. The van der Waals surface area contributed by atoms with Crippen molar-refractivity contribution in [2.75, 3.05) is 59.0 Å². The van der Waals surface area contributed by atoms with Crippen LogP contribution < -0.4 is 10.6 Å². The van der Waals surface area contributed by atoms with E-state index in [1.807, 2.05) is 11.3 Å². The van der Waals surface area contributed by atoms with Gasteiger partial charge >= 0.3 is 0 Å². The molecule has 1 aromatic heterocycles. The fourth-order valence-electron chi connectivity index (χ4n) is 3.63. The van der Waals surface area contributed by atoms with Gasteiger partial charge in [0.05, 0.1) is 25.8 Å². The van der Waals surface area contributed by atoms with Crippen molar-refractivity contribution in [2.45, 2.75) is 38.8 Å². The third kappa shape index (κ3) is 6.45. The standard InChI is InChI=1S/C20H35N5OS/c1-3-21-20(22-9-10-24(4-2)17-7-8-17)23-16-18(19-6-5-15-27-19)25-11-13-26-14-12-25/h5-6,15,17-18H,3-4,7-14,16H2,1-2H3,(H2,21,22,23). The molecule has 0 amide bonds. The maximum absolute atomic E-state index is 5.54. The molecule has 0 spiro atoms. The van der Waals surface area contributed by atoms with Gasteiger partial charge in [0.25, 0.3) is 0 Å². The van der Waals surface area contributed by atoms with Crippen molar-refractivity contribution >= 4 is 17.3 Å². The van der Waals surface area contributed by atoms with Gasteiger partial charge in [0.1, 0.15) is 0 Å². The summed E-state index contributed by atoms with van der Waals surface area (Å²) in [6, 6.07) is 5.52. The van der Waals surface area contributed by atoms with Gasteiger partial charge < -0.3 is 15.4 Å². The molecule has 1 aromatic rings. The Hall–Kier alpha value is -1.15. The lowest BCUT2D eigenvalue weighted by atomic mass is 10.2. The van der Waals surface area contributed by atoms with Crippen LogP contribution in [0.5, 0.6) is 0 Å². The first-order valence-electron chi connectivity index (χ1n) is 10.4. The molecule has 2 N–H and O–H groups in total. The van der Waals surface area contributed by atoms with E-state index >= 15 is 0 Å². The summed E-state index contributed by atoms with van der Waals surface area (Å²) in [6.45, 7) is 12.8. The lowest BCUT2D eigenvalue weighted by Gasteiger charge is -2.33. The zero-order valence-corrected chi connectivity index (χ0v) is 17.6. The molecule has 2 heterocycles. The Morgan fingerprint density at radius 2 is 2.15 bits per heavy atom. The second kappa shape index (κ2) is 11.0. The van der Waals surface area contributed by atoms with Gasteiger partial charge in [-0.25, -0.2) is 0 Å². The van der Waals surface area contributed by atoms with Crippen molar-refractivity contribution in [2.24, 2.45) is 4.99 Å². The summed E-state index contributed by atoms with van der Waals surface area (Å²) in [6.07, 6.45) is 2.73. The zero-order valence-electron chi connectivity index (χ0n) is 16.8. The third-order valence-electron chi connectivity index (χ3n) is 5.29. The monoisotopic (exact) mass is 393 g/mol.